The number of nitrogens with one attached hydrogen (secondary N) is 1. The van der Waals surface area contributed by atoms with Gasteiger partial charge in [0.1, 0.15) is 0 Å². The number of likely N-dealkylation sites (tertiary alicyclic amines) is 1. The van der Waals surface area contributed by atoms with Crippen LogP contribution in [0.4, 0.5) is 10.5 Å². The van der Waals surface area contributed by atoms with Gasteiger partial charge in [-0.2, -0.15) is 0 Å². The maximum Gasteiger partial charge on any atom is 0.335 e. The van der Waals surface area contributed by atoms with E-state index in [1.54, 1.807) is 19.1 Å². The Labute approximate surface area is 125 Å². The van der Waals surface area contributed by atoms with E-state index in [1.165, 1.54) is 12.5 Å². The number of carbonyl (C=O) groups is 2. The Morgan fingerprint density at radius 2 is 2.00 bits per heavy atom. The number of carboxylic acid groups (broad SMARTS) is 1. The quantitative estimate of drug-likeness (QED) is 0.897. The molecule has 0 bridgehead atoms. The molecule has 2 amide bonds. The Morgan fingerprint density at radius 3 is 2.52 bits per heavy atom. The molecule has 0 spiro atoms. The predicted octanol–water partition coefficient (Wildman–Crippen LogP) is 3.35. The zero-order valence-corrected chi connectivity index (χ0v) is 12.6. The summed E-state index contributed by atoms with van der Waals surface area (Å²) in [6, 6.07) is 4.63. The summed E-state index contributed by atoms with van der Waals surface area (Å²) in [6.07, 6.45) is 3.28. The van der Waals surface area contributed by atoms with Gasteiger partial charge in [-0.05, 0) is 49.4 Å². The van der Waals surface area contributed by atoms with Gasteiger partial charge in [0, 0.05) is 18.8 Å². The number of urea groups is 1. The molecule has 1 aliphatic heterocycles. The van der Waals surface area contributed by atoms with Gasteiger partial charge >= 0.3 is 12.0 Å². The molecule has 0 unspecified atom stereocenters. The van der Waals surface area contributed by atoms with E-state index in [1.807, 2.05) is 4.90 Å². The van der Waals surface area contributed by atoms with Crippen LogP contribution in [0.3, 0.4) is 0 Å². The molecule has 5 nitrogen and oxygen atoms in total. The zero-order chi connectivity index (χ0) is 15.4. The lowest BCUT2D eigenvalue weighted by atomic mass is 9.95. The van der Waals surface area contributed by atoms with Gasteiger partial charge in [-0.3, -0.25) is 0 Å². The molecule has 1 aromatic carbocycles. The second-order valence-corrected chi connectivity index (χ2v) is 5.60. The van der Waals surface area contributed by atoms with E-state index in [4.69, 9.17) is 5.11 Å². The smallest absolute Gasteiger partial charge is 0.335 e. The largest absolute Gasteiger partial charge is 0.478 e. The van der Waals surface area contributed by atoms with Gasteiger partial charge in [-0.25, -0.2) is 9.59 Å². The highest BCUT2D eigenvalue weighted by Crippen LogP contribution is 2.22. The minimum Gasteiger partial charge on any atom is -0.478 e. The molecule has 0 saturated carbocycles. The van der Waals surface area contributed by atoms with Crippen molar-refractivity contribution in [2.24, 2.45) is 5.92 Å². The lowest BCUT2D eigenvalue weighted by Crippen LogP contribution is -2.41. The maximum atomic E-state index is 12.2. The van der Waals surface area contributed by atoms with Gasteiger partial charge in [-0.15, -0.1) is 0 Å². The summed E-state index contributed by atoms with van der Waals surface area (Å²) in [5.74, 6) is -0.233. The highest BCUT2D eigenvalue weighted by Gasteiger charge is 2.22. The first-order valence-corrected chi connectivity index (χ1v) is 7.41. The number of aromatic carboxylic acids is 1. The molecule has 2 N–H and O–H groups in total. The molecule has 1 aromatic rings. The molecule has 0 atom stereocenters. The number of carboxylic acids is 1. The first kappa shape index (κ1) is 15.4. The third-order valence-electron chi connectivity index (χ3n) is 4.19. The number of benzene rings is 1. The summed E-state index contributed by atoms with van der Waals surface area (Å²) >= 11 is 0. The number of piperidine rings is 1. The van der Waals surface area contributed by atoms with E-state index in [-0.39, 0.29) is 11.6 Å². The van der Waals surface area contributed by atoms with Gasteiger partial charge in [0.05, 0.1) is 5.56 Å². The molecule has 114 valence electrons. The average molecular weight is 290 g/mol. The first-order valence-electron chi connectivity index (χ1n) is 7.41. The molecular weight excluding hydrogens is 268 g/mol. The number of aryl methyl sites for hydroxylation is 1. The lowest BCUT2D eigenvalue weighted by molar-refractivity contribution is 0.0697. The number of rotatable bonds is 3. The van der Waals surface area contributed by atoms with Crippen molar-refractivity contribution in [3.63, 3.8) is 0 Å². The van der Waals surface area contributed by atoms with Crippen molar-refractivity contribution in [2.45, 2.75) is 33.1 Å². The fourth-order valence-corrected chi connectivity index (χ4v) is 2.68. The maximum absolute atomic E-state index is 12.2. The second-order valence-electron chi connectivity index (χ2n) is 5.60. The molecule has 1 heterocycles. The number of hydrogen-bond donors (Lipinski definition) is 2. The van der Waals surface area contributed by atoms with Crippen LogP contribution in [0.15, 0.2) is 18.2 Å². The van der Waals surface area contributed by atoms with Crippen LogP contribution < -0.4 is 5.32 Å². The van der Waals surface area contributed by atoms with Crippen molar-refractivity contribution >= 4 is 17.7 Å². The van der Waals surface area contributed by atoms with Gasteiger partial charge in [0.2, 0.25) is 0 Å². The van der Waals surface area contributed by atoms with Crippen molar-refractivity contribution in [3.05, 3.63) is 29.3 Å². The van der Waals surface area contributed by atoms with Crippen molar-refractivity contribution < 1.29 is 14.7 Å². The average Bonchev–Trinajstić information content (AvgIpc) is 2.49. The Balaban J connectivity index is 1.98. The molecular formula is C16H22N2O3. The molecule has 2 rings (SSSR count). The van der Waals surface area contributed by atoms with Crippen molar-refractivity contribution in [1.82, 2.24) is 4.90 Å². The minimum absolute atomic E-state index is 0.101. The van der Waals surface area contributed by atoms with E-state index < -0.39 is 5.97 Å². The number of nitrogens with zero attached hydrogens (tertiary/aromatic N) is 1. The molecule has 0 radical (unpaired) electrons. The normalized spacial score (nSPS) is 15.8. The Morgan fingerprint density at radius 1 is 1.33 bits per heavy atom. The van der Waals surface area contributed by atoms with Crippen LogP contribution in [-0.4, -0.2) is 35.1 Å². The fourth-order valence-electron chi connectivity index (χ4n) is 2.68. The highest BCUT2D eigenvalue weighted by molar-refractivity contribution is 5.92. The molecule has 5 heteroatoms. The number of carbonyl (C=O) groups excluding carboxylic acids is 1. The molecule has 1 fully saturated rings. The SMILES string of the molecule is CCC1CCN(C(=O)Nc2ccc(C(=O)O)cc2C)CC1. The molecule has 21 heavy (non-hydrogen) atoms. The van der Waals surface area contributed by atoms with E-state index in [9.17, 15) is 9.59 Å². The zero-order valence-electron chi connectivity index (χ0n) is 12.6. The molecule has 1 saturated heterocycles. The monoisotopic (exact) mass is 290 g/mol. The molecule has 0 aromatic heterocycles. The van der Waals surface area contributed by atoms with Crippen molar-refractivity contribution in [3.8, 4) is 0 Å². The van der Waals surface area contributed by atoms with Crippen LogP contribution in [0, 0.1) is 12.8 Å². The Bertz CT molecular complexity index is 534. The van der Waals surface area contributed by atoms with Crippen LogP contribution >= 0.6 is 0 Å². The highest BCUT2D eigenvalue weighted by atomic mass is 16.4. The lowest BCUT2D eigenvalue weighted by Gasteiger charge is -2.31. The summed E-state index contributed by atoms with van der Waals surface area (Å²) in [5, 5.41) is 11.8. The third kappa shape index (κ3) is 3.74. The summed E-state index contributed by atoms with van der Waals surface area (Å²) in [7, 11) is 0. The summed E-state index contributed by atoms with van der Waals surface area (Å²) in [4.78, 5) is 25.0. The van der Waals surface area contributed by atoms with Gasteiger partial charge in [0.15, 0.2) is 0 Å². The van der Waals surface area contributed by atoms with Crippen LogP contribution in [0.5, 0.6) is 0 Å². The van der Waals surface area contributed by atoms with Crippen molar-refractivity contribution in [1.29, 1.82) is 0 Å². The third-order valence-corrected chi connectivity index (χ3v) is 4.19. The number of amides is 2. The predicted molar refractivity (Wildman–Crippen MR) is 81.7 cm³/mol. The van der Waals surface area contributed by atoms with Crippen LogP contribution in [0.1, 0.15) is 42.1 Å². The Kier molecular flexibility index (Phi) is 4.83. The summed E-state index contributed by atoms with van der Waals surface area (Å²) in [5.41, 5.74) is 1.66. The number of hydrogen-bond acceptors (Lipinski definition) is 2. The van der Waals surface area contributed by atoms with E-state index in [2.05, 4.69) is 12.2 Å². The number of anilines is 1. The van der Waals surface area contributed by atoms with E-state index in [0.717, 1.165) is 37.4 Å². The second kappa shape index (κ2) is 6.61. The van der Waals surface area contributed by atoms with Crippen molar-refractivity contribution in [2.75, 3.05) is 18.4 Å². The molecule has 0 aliphatic carbocycles. The Hall–Kier alpha value is -2.04. The summed E-state index contributed by atoms with van der Waals surface area (Å²) in [6.45, 7) is 5.56. The van der Waals surface area contributed by atoms with Gasteiger partial charge in [-0.1, -0.05) is 13.3 Å². The standard InChI is InChI=1S/C16H22N2O3/c1-3-12-6-8-18(9-7-12)16(21)17-14-5-4-13(15(19)20)10-11(14)2/h4-5,10,12H,3,6-9H2,1-2H3,(H,17,21)(H,19,20). The summed E-state index contributed by atoms with van der Waals surface area (Å²) < 4.78 is 0. The van der Waals surface area contributed by atoms with Gasteiger partial charge < -0.3 is 15.3 Å². The van der Waals surface area contributed by atoms with Crippen LogP contribution in [0.2, 0.25) is 0 Å². The van der Waals surface area contributed by atoms with Crippen LogP contribution in [0.25, 0.3) is 0 Å². The van der Waals surface area contributed by atoms with E-state index in [0.29, 0.717) is 5.69 Å². The minimum atomic E-state index is -0.961. The fraction of sp³-hybridized carbons (Fsp3) is 0.500. The van der Waals surface area contributed by atoms with Crippen LogP contribution in [-0.2, 0) is 0 Å². The van der Waals surface area contributed by atoms with Gasteiger partial charge in [0.25, 0.3) is 0 Å². The first-order chi connectivity index (χ1) is 10.0. The molecule has 1 aliphatic rings. The van der Waals surface area contributed by atoms with E-state index >= 15 is 0 Å². The topological polar surface area (TPSA) is 69.6 Å².